The Labute approximate surface area is 103 Å². The summed E-state index contributed by atoms with van der Waals surface area (Å²) in [5.74, 6) is 1.41. The summed E-state index contributed by atoms with van der Waals surface area (Å²) >= 11 is 0. The van der Waals surface area contributed by atoms with Crippen LogP contribution in [-0.2, 0) is 4.79 Å². The highest BCUT2D eigenvalue weighted by Crippen LogP contribution is 2.68. The van der Waals surface area contributed by atoms with Crippen LogP contribution in [0.1, 0.15) is 46.5 Å². The lowest BCUT2D eigenvalue weighted by molar-refractivity contribution is -0.134. The topological polar surface area (TPSA) is 37.3 Å². The maximum absolute atomic E-state index is 11.5. The summed E-state index contributed by atoms with van der Waals surface area (Å²) in [7, 11) is 0. The number of rotatable bonds is 1. The zero-order chi connectivity index (χ0) is 12.4. The van der Waals surface area contributed by atoms with Gasteiger partial charge in [-0.2, -0.15) is 0 Å². The van der Waals surface area contributed by atoms with E-state index in [-0.39, 0.29) is 10.8 Å². The average molecular weight is 234 g/mol. The highest BCUT2D eigenvalue weighted by Gasteiger charge is 2.62. The van der Waals surface area contributed by atoms with Crippen molar-refractivity contribution in [3.8, 4) is 0 Å². The van der Waals surface area contributed by atoms with Gasteiger partial charge in [0.1, 0.15) is 0 Å². The molecule has 0 heterocycles. The molecule has 0 saturated heterocycles. The van der Waals surface area contributed by atoms with Gasteiger partial charge in [0.05, 0.1) is 0 Å². The largest absolute Gasteiger partial charge is 0.478 e. The predicted molar refractivity (Wildman–Crippen MR) is 66.5 cm³/mol. The quantitative estimate of drug-likeness (QED) is 0.754. The molecular formula is C15H22O2. The number of hydrogen-bond acceptors (Lipinski definition) is 1. The maximum atomic E-state index is 11.5. The van der Waals surface area contributed by atoms with Crippen molar-refractivity contribution in [2.24, 2.45) is 28.6 Å². The summed E-state index contributed by atoms with van der Waals surface area (Å²) in [5.41, 5.74) is 0.803. The molecule has 2 fully saturated rings. The molecule has 5 unspecified atom stereocenters. The Balaban J connectivity index is 2.10. The summed E-state index contributed by atoms with van der Waals surface area (Å²) in [6, 6.07) is 0. The molecule has 3 aliphatic rings. The number of carboxylic acid groups (broad SMARTS) is 1. The molecule has 94 valence electrons. The van der Waals surface area contributed by atoms with Gasteiger partial charge in [-0.1, -0.05) is 26.8 Å². The molecule has 0 bridgehead atoms. The molecule has 3 aliphatic carbocycles. The fraction of sp³-hybridized carbons (Fsp3) is 0.800. The van der Waals surface area contributed by atoms with Gasteiger partial charge in [0.15, 0.2) is 0 Å². The molecule has 0 radical (unpaired) electrons. The Bertz CT molecular complexity index is 411. The highest BCUT2D eigenvalue weighted by atomic mass is 16.4. The minimum atomic E-state index is -0.684. The fourth-order valence-electron chi connectivity index (χ4n) is 5.26. The second-order valence-corrected chi connectivity index (χ2v) is 6.98. The lowest BCUT2D eigenvalue weighted by Crippen LogP contribution is -2.42. The number of allylic oxidation sites excluding steroid dienone is 1. The van der Waals surface area contributed by atoms with Gasteiger partial charge < -0.3 is 5.11 Å². The monoisotopic (exact) mass is 234 g/mol. The fourth-order valence-corrected chi connectivity index (χ4v) is 5.26. The van der Waals surface area contributed by atoms with Gasteiger partial charge in [-0.25, -0.2) is 4.79 Å². The smallest absolute Gasteiger partial charge is 0.331 e. The number of hydrogen-bond donors (Lipinski definition) is 1. The van der Waals surface area contributed by atoms with E-state index in [1.807, 2.05) is 0 Å². The Morgan fingerprint density at radius 1 is 1.35 bits per heavy atom. The summed E-state index contributed by atoms with van der Waals surface area (Å²) in [6.45, 7) is 6.84. The van der Waals surface area contributed by atoms with E-state index >= 15 is 0 Å². The lowest BCUT2D eigenvalue weighted by atomic mass is 9.57. The first-order chi connectivity index (χ1) is 7.88. The van der Waals surface area contributed by atoms with E-state index in [1.165, 1.54) is 19.3 Å². The standard InChI is InChI=1S/C15H22O2/c1-9-4-7-15(3)11(13(16)17)8-14(2)6-5-10(9)12(14)15/h8-10,12H,4-7H2,1-3H3,(H,16,17). The van der Waals surface area contributed by atoms with Gasteiger partial charge in [-0.15, -0.1) is 0 Å². The van der Waals surface area contributed by atoms with Crippen molar-refractivity contribution >= 4 is 5.97 Å². The van der Waals surface area contributed by atoms with E-state index in [4.69, 9.17) is 0 Å². The molecular weight excluding hydrogens is 212 g/mol. The van der Waals surface area contributed by atoms with Crippen LogP contribution in [-0.4, -0.2) is 11.1 Å². The van der Waals surface area contributed by atoms with Crippen molar-refractivity contribution < 1.29 is 9.90 Å². The third kappa shape index (κ3) is 1.24. The van der Waals surface area contributed by atoms with Gasteiger partial charge in [0.25, 0.3) is 0 Å². The molecule has 17 heavy (non-hydrogen) atoms. The van der Waals surface area contributed by atoms with Gasteiger partial charge >= 0.3 is 5.97 Å². The first-order valence-corrected chi connectivity index (χ1v) is 6.85. The summed E-state index contributed by atoms with van der Waals surface area (Å²) in [4.78, 5) is 11.5. The SMILES string of the molecule is CC1CCC2(C)C(C(=O)O)=CC3(C)CCC1C32. The van der Waals surface area contributed by atoms with E-state index < -0.39 is 5.97 Å². The van der Waals surface area contributed by atoms with Crippen LogP contribution in [0.5, 0.6) is 0 Å². The van der Waals surface area contributed by atoms with Crippen LogP contribution in [0.3, 0.4) is 0 Å². The minimum absolute atomic E-state index is 0.0613. The Hall–Kier alpha value is -0.790. The van der Waals surface area contributed by atoms with Crippen molar-refractivity contribution in [2.45, 2.75) is 46.5 Å². The van der Waals surface area contributed by atoms with Gasteiger partial charge in [0, 0.05) is 11.0 Å². The summed E-state index contributed by atoms with van der Waals surface area (Å²) < 4.78 is 0. The van der Waals surface area contributed by atoms with Crippen LogP contribution in [0.15, 0.2) is 11.6 Å². The lowest BCUT2D eigenvalue weighted by Gasteiger charge is -2.46. The van der Waals surface area contributed by atoms with E-state index in [0.717, 1.165) is 18.3 Å². The second kappa shape index (κ2) is 3.15. The molecule has 1 N–H and O–H groups in total. The van der Waals surface area contributed by atoms with Gasteiger partial charge in [0.2, 0.25) is 0 Å². The molecule has 0 aliphatic heterocycles. The molecule has 0 aromatic carbocycles. The molecule has 3 rings (SSSR count). The number of aliphatic carboxylic acids is 1. The van der Waals surface area contributed by atoms with Crippen molar-refractivity contribution in [3.05, 3.63) is 11.6 Å². The highest BCUT2D eigenvalue weighted by molar-refractivity contribution is 5.89. The van der Waals surface area contributed by atoms with Crippen LogP contribution in [0.4, 0.5) is 0 Å². The first kappa shape index (κ1) is 11.3. The zero-order valence-electron chi connectivity index (χ0n) is 11.0. The molecule has 0 spiro atoms. The Kier molecular flexibility index (Phi) is 2.10. The molecule has 0 amide bonds. The normalized spacial score (nSPS) is 52.2. The minimum Gasteiger partial charge on any atom is -0.478 e. The predicted octanol–water partition coefficient (Wildman–Crippen LogP) is 3.48. The molecule has 2 saturated carbocycles. The third-order valence-corrected chi connectivity index (χ3v) is 6.01. The van der Waals surface area contributed by atoms with Gasteiger partial charge in [-0.3, -0.25) is 0 Å². The third-order valence-electron chi connectivity index (χ3n) is 6.01. The summed E-state index contributed by atoms with van der Waals surface area (Å²) in [5, 5.41) is 9.46. The van der Waals surface area contributed by atoms with Crippen molar-refractivity contribution in [2.75, 3.05) is 0 Å². The number of carbonyl (C=O) groups is 1. The van der Waals surface area contributed by atoms with E-state index in [1.54, 1.807) is 0 Å². The zero-order valence-corrected chi connectivity index (χ0v) is 11.0. The Morgan fingerprint density at radius 2 is 2.06 bits per heavy atom. The van der Waals surface area contributed by atoms with Crippen LogP contribution in [0, 0.1) is 28.6 Å². The van der Waals surface area contributed by atoms with E-state index in [2.05, 4.69) is 26.8 Å². The van der Waals surface area contributed by atoms with Crippen molar-refractivity contribution in [3.63, 3.8) is 0 Å². The molecule has 0 aromatic rings. The van der Waals surface area contributed by atoms with Crippen molar-refractivity contribution in [1.82, 2.24) is 0 Å². The molecule has 0 aromatic heterocycles. The van der Waals surface area contributed by atoms with E-state index in [9.17, 15) is 9.90 Å². The van der Waals surface area contributed by atoms with Crippen molar-refractivity contribution in [1.29, 1.82) is 0 Å². The average Bonchev–Trinajstić information content (AvgIpc) is 2.70. The van der Waals surface area contributed by atoms with Crippen LogP contribution in [0.25, 0.3) is 0 Å². The molecule has 2 heteroatoms. The van der Waals surface area contributed by atoms with Gasteiger partial charge in [-0.05, 0) is 48.9 Å². The molecule has 2 nitrogen and oxygen atoms in total. The molecule has 5 atom stereocenters. The van der Waals surface area contributed by atoms with Crippen LogP contribution >= 0.6 is 0 Å². The van der Waals surface area contributed by atoms with Crippen LogP contribution in [0.2, 0.25) is 0 Å². The Morgan fingerprint density at radius 3 is 2.71 bits per heavy atom. The van der Waals surface area contributed by atoms with Crippen LogP contribution < -0.4 is 0 Å². The number of carboxylic acids is 1. The first-order valence-electron chi connectivity index (χ1n) is 6.85. The van der Waals surface area contributed by atoms with E-state index in [0.29, 0.717) is 11.5 Å². The second-order valence-electron chi connectivity index (χ2n) is 6.98. The summed E-state index contributed by atoms with van der Waals surface area (Å²) in [6.07, 6.45) is 6.83. The maximum Gasteiger partial charge on any atom is 0.331 e.